The molecule has 0 aliphatic carbocycles. The van der Waals surface area contributed by atoms with E-state index in [1.807, 2.05) is 12.1 Å². The van der Waals surface area contributed by atoms with Crippen LogP contribution < -0.4 is 0 Å². The van der Waals surface area contributed by atoms with Gasteiger partial charge < -0.3 is 9.84 Å². The van der Waals surface area contributed by atoms with Crippen molar-refractivity contribution >= 4 is 15.9 Å². The molecule has 0 spiro atoms. The van der Waals surface area contributed by atoms with Crippen molar-refractivity contribution in [2.24, 2.45) is 0 Å². The van der Waals surface area contributed by atoms with Crippen LogP contribution >= 0.6 is 15.9 Å². The number of aliphatic hydroxyl groups excluding tert-OH is 1. The topological polar surface area (TPSA) is 42.4 Å². The van der Waals surface area contributed by atoms with Crippen LogP contribution in [0, 0.1) is 0 Å². The van der Waals surface area contributed by atoms with Gasteiger partial charge in [-0.2, -0.15) is 0 Å². The molecule has 0 bridgehead atoms. The maximum absolute atomic E-state index is 10.0. The highest BCUT2D eigenvalue weighted by molar-refractivity contribution is 9.10. The Kier molecular flexibility index (Phi) is 4.32. The molecule has 0 amide bonds. The summed E-state index contributed by atoms with van der Waals surface area (Å²) in [6.07, 6.45) is 5.42. The number of rotatable bonds is 4. The van der Waals surface area contributed by atoms with E-state index < -0.39 is 6.10 Å². The number of halogens is 1. The highest BCUT2D eigenvalue weighted by atomic mass is 79.9. The summed E-state index contributed by atoms with van der Waals surface area (Å²) in [5, 5.41) is 10.0. The molecule has 2 heterocycles. The van der Waals surface area contributed by atoms with E-state index in [-0.39, 0.29) is 0 Å². The molecule has 1 aromatic heterocycles. The van der Waals surface area contributed by atoms with Crippen LogP contribution in [0.2, 0.25) is 0 Å². The number of aliphatic hydroxyl groups is 1. The van der Waals surface area contributed by atoms with Crippen LogP contribution in [0.15, 0.2) is 22.8 Å². The van der Waals surface area contributed by atoms with Crippen molar-refractivity contribution in [1.82, 2.24) is 4.98 Å². The Morgan fingerprint density at radius 1 is 1.62 bits per heavy atom. The molecule has 3 nitrogen and oxygen atoms in total. The maximum Gasteiger partial charge on any atom is 0.0972 e. The predicted octanol–water partition coefficient (Wildman–Crippen LogP) is 2.84. The van der Waals surface area contributed by atoms with Crippen molar-refractivity contribution in [3.05, 3.63) is 28.5 Å². The summed E-state index contributed by atoms with van der Waals surface area (Å²) in [6.45, 7) is 0.869. The van der Waals surface area contributed by atoms with Crippen molar-refractivity contribution in [3.63, 3.8) is 0 Å². The van der Waals surface area contributed by atoms with Gasteiger partial charge in [-0.3, -0.25) is 4.98 Å². The Morgan fingerprint density at radius 2 is 2.50 bits per heavy atom. The molecule has 1 fully saturated rings. The standard InChI is InChI=1S/C12H16BrNO2/c13-10-4-1-7-14-12(10)11(15)6-5-9-3-2-8-16-9/h1,4,7,9,11,15H,2-3,5-6,8H2. The first-order valence-corrected chi connectivity index (χ1v) is 6.47. The van der Waals surface area contributed by atoms with E-state index in [1.54, 1.807) is 6.20 Å². The number of ether oxygens (including phenoxy) is 1. The third-order valence-electron chi connectivity index (χ3n) is 2.89. The summed E-state index contributed by atoms with van der Waals surface area (Å²) in [5.74, 6) is 0. The Bertz CT molecular complexity index is 340. The zero-order chi connectivity index (χ0) is 11.4. The fraction of sp³-hybridized carbons (Fsp3) is 0.583. The van der Waals surface area contributed by atoms with Crippen LogP contribution in [0.4, 0.5) is 0 Å². The summed E-state index contributed by atoms with van der Waals surface area (Å²) in [5.41, 5.74) is 0.723. The monoisotopic (exact) mass is 285 g/mol. The van der Waals surface area contributed by atoms with Crippen molar-refractivity contribution in [1.29, 1.82) is 0 Å². The minimum Gasteiger partial charge on any atom is -0.387 e. The van der Waals surface area contributed by atoms with Crippen LogP contribution in [0.25, 0.3) is 0 Å². The third-order valence-corrected chi connectivity index (χ3v) is 3.56. The number of pyridine rings is 1. The number of nitrogens with zero attached hydrogens (tertiary/aromatic N) is 1. The molecule has 16 heavy (non-hydrogen) atoms. The van der Waals surface area contributed by atoms with E-state index in [2.05, 4.69) is 20.9 Å². The molecule has 88 valence electrons. The fourth-order valence-electron chi connectivity index (χ4n) is 2.00. The third kappa shape index (κ3) is 3.03. The second-order valence-electron chi connectivity index (χ2n) is 4.10. The number of aromatic nitrogens is 1. The van der Waals surface area contributed by atoms with Crippen molar-refractivity contribution < 1.29 is 9.84 Å². The Morgan fingerprint density at radius 3 is 3.19 bits per heavy atom. The van der Waals surface area contributed by atoms with E-state index in [1.165, 1.54) is 0 Å². The molecule has 0 aromatic carbocycles. The molecule has 2 unspecified atom stereocenters. The first kappa shape index (κ1) is 12.0. The van der Waals surface area contributed by atoms with Gasteiger partial charge in [-0.05, 0) is 53.7 Å². The van der Waals surface area contributed by atoms with Gasteiger partial charge in [-0.15, -0.1) is 0 Å². The summed E-state index contributed by atoms with van der Waals surface area (Å²) in [7, 11) is 0. The summed E-state index contributed by atoms with van der Waals surface area (Å²) < 4.78 is 6.40. The molecule has 0 saturated carbocycles. The lowest BCUT2D eigenvalue weighted by molar-refractivity contribution is 0.0800. The molecule has 0 radical (unpaired) electrons. The van der Waals surface area contributed by atoms with Gasteiger partial charge >= 0.3 is 0 Å². The first-order valence-electron chi connectivity index (χ1n) is 5.67. The highest BCUT2D eigenvalue weighted by Gasteiger charge is 2.19. The normalized spacial score (nSPS) is 22.2. The number of hydrogen-bond donors (Lipinski definition) is 1. The van der Waals surface area contributed by atoms with Crippen LogP contribution in [0.5, 0.6) is 0 Å². The second kappa shape index (κ2) is 5.75. The summed E-state index contributed by atoms with van der Waals surface area (Å²) in [6, 6.07) is 3.75. The van der Waals surface area contributed by atoms with Gasteiger partial charge in [0.05, 0.1) is 17.9 Å². The lowest BCUT2D eigenvalue weighted by Gasteiger charge is -2.14. The van der Waals surface area contributed by atoms with E-state index in [4.69, 9.17) is 4.74 Å². The van der Waals surface area contributed by atoms with Gasteiger partial charge in [-0.1, -0.05) is 0 Å². The molecule has 1 N–H and O–H groups in total. The maximum atomic E-state index is 10.0. The highest BCUT2D eigenvalue weighted by Crippen LogP contribution is 2.26. The van der Waals surface area contributed by atoms with Gasteiger partial charge in [0.2, 0.25) is 0 Å². The van der Waals surface area contributed by atoms with Gasteiger partial charge in [-0.25, -0.2) is 0 Å². The van der Waals surface area contributed by atoms with Gasteiger partial charge in [0, 0.05) is 17.3 Å². The lowest BCUT2D eigenvalue weighted by atomic mass is 10.1. The molecular weight excluding hydrogens is 270 g/mol. The SMILES string of the molecule is OC(CCC1CCCO1)c1ncccc1Br. The van der Waals surface area contributed by atoms with Crippen LogP contribution in [-0.4, -0.2) is 22.8 Å². The van der Waals surface area contributed by atoms with Gasteiger partial charge in [0.25, 0.3) is 0 Å². The zero-order valence-corrected chi connectivity index (χ0v) is 10.7. The molecule has 1 aromatic rings. The van der Waals surface area contributed by atoms with Crippen LogP contribution in [-0.2, 0) is 4.74 Å². The molecule has 1 aliphatic heterocycles. The van der Waals surface area contributed by atoms with Crippen LogP contribution in [0.3, 0.4) is 0 Å². The van der Waals surface area contributed by atoms with Crippen molar-refractivity contribution in [2.45, 2.75) is 37.9 Å². The van der Waals surface area contributed by atoms with Crippen LogP contribution in [0.1, 0.15) is 37.5 Å². The first-order chi connectivity index (χ1) is 7.77. The minimum absolute atomic E-state index is 0.331. The molecule has 1 aliphatic rings. The predicted molar refractivity (Wildman–Crippen MR) is 65.1 cm³/mol. The Hall–Kier alpha value is -0.450. The van der Waals surface area contributed by atoms with E-state index in [0.717, 1.165) is 36.0 Å². The van der Waals surface area contributed by atoms with Crippen molar-refractivity contribution in [2.75, 3.05) is 6.61 Å². The second-order valence-corrected chi connectivity index (χ2v) is 4.95. The van der Waals surface area contributed by atoms with E-state index >= 15 is 0 Å². The largest absolute Gasteiger partial charge is 0.387 e. The molecule has 2 atom stereocenters. The molecule has 2 rings (SSSR count). The summed E-state index contributed by atoms with van der Waals surface area (Å²) >= 11 is 3.40. The average Bonchev–Trinajstić information content (AvgIpc) is 2.79. The molecule has 4 heteroatoms. The zero-order valence-electron chi connectivity index (χ0n) is 9.10. The van der Waals surface area contributed by atoms with E-state index in [0.29, 0.717) is 12.5 Å². The summed E-state index contributed by atoms with van der Waals surface area (Å²) in [4.78, 5) is 4.19. The Labute approximate surface area is 104 Å². The van der Waals surface area contributed by atoms with Gasteiger partial charge in [0.1, 0.15) is 0 Å². The average molecular weight is 286 g/mol. The number of hydrogen-bond acceptors (Lipinski definition) is 3. The quantitative estimate of drug-likeness (QED) is 0.925. The van der Waals surface area contributed by atoms with E-state index in [9.17, 15) is 5.11 Å². The van der Waals surface area contributed by atoms with Gasteiger partial charge in [0.15, 0.2) is 0 Å². The van der Waals surface area contributed by atoms with Crippen molar-refractivity contribution in [3.8, 4) is 0 Å². The molecular formula is C12H16BrNO2. The minimum atomic E-state index is -0.500. The Balaban J connectivity index is 1.87. The molecule has 1 saturated heterocycles. The smallest absolute Gasteiger partial charge is 0.0972 e. The fourth-order valence-corrected chi connectivity index (χ4v) is 2.51. The lowest BCUT2D eigenvalue weighted by Crippen LogP contribution is -2.09.